The molecule has 9 heteroatoms. The lowest BCUT2D eigenvalue weighted by atomic mass is 10.3. The molecule has 4 aromatic rings. The van der Waals surface area contributed by atoms with Crippen molar-refractivity contribution in [3.05, 3.63) is 71.9 Å². The van der Waals surface area contributed by atoms with Gasteiger partial charge in [0, 0.05) is 27.5 Å². The summed E-state index contributed by atoms with van der Waals surface area (Å²) in [6.07, 6.45) is 1.48. The molecule has 0 unspecified atom stereocenters. The molecule has 0 fully saturated rings. The number of aromatic nitrogens is 4. The molecule has 0 aliphatic carbocycles. The quantitative estimate of drug-likeness (QED) is 0.479. The van der Waals surface area contributed by atoms with Crippen molar-refractivity contribution in [1.29, 1.82) is 0 Å². The molecule has 2 heterocycles. The average molecular weight is 408 g/mol. The van der Waals surface area contributed by atoms with E-state index >= 15 is 0 Å². The van der Waals surface area contributed by atoms with Crippen molar-refractivity contribution in [3.63, 3.8) is 0 Å². The first kappa shape index (κ1) is 18.9. The second-order valence-electron chi connectivity index (χ2n) is 6.31. The lowest BCUT2D eigenvalue weighted by molar-refractivity contribution is 0.262. The van der Waals surface area contributed by atoms with Gasteiger partial charge in [-0.3, -0.25) is 0 Å². The first-order chi connectivity index (χ1) is 14.0. The van der Waals surface area contributed by atoms with Crippen LogP contribution in [0.15, 0.2) is 64.8 Å². The van der Waals surface area contributed by atoms with Gasteiger partial charge in [0.1, 0.15) is 17.2 Å². The number of rotatable bonds is 4. The molecule has 0 saturated heterocycles. The zero-order valence-corrected chi connectivity index (χ0v) is 16.5. The summed E-state index contributed by atoms with van der Waals surface area (Å²) in [5.41, 5.74) is 3.09. The van der Waals surface area contributed by atoms with E-state index in [4.69, 9.17) is 0 Å². The lowest BCUT2D eigenvalue weighted by Gasteiger charge is -2.11. The van der Waals surface area contributed by atoms with Crippen LogP contribution in [-0.2, 0) is 0 Å². The Hall–Kier alpha value is -3.46. The molecule has 0 saturated carbocycles. The first-order valence-electron chi connectivity index (χ1n) is 8.78. The van der Waals surface area contributed by atoms with Crippen LogP contribution < -0.4 is 10.6 Å². The first-order valence-corrected chi connectivity index (χ1v) is 9.60. The maximum atomic E-state index is 12.9. The van der Waals surface area contributed by atoms with E-state index in [0.29, 0.717) is 17.2 Å². The van der Waals surface area contributed by atoms with E-state index in [1.165, 1.54) is 30.6 Å². The Kier molecular flexibility index (Phi) is 5.13. The molecule has 0 atom stereocenters. The van der Waals surface area contributed by atoms with Gasteiger partial charge in [-0.15, -0.1) is 0 Å². The number of nitrogens with one attached hydrogen (secondary N) is 2. The van der Waals surface area contributed by atoms with Crippen molar-refractivity contribution in [1.82, 2.24) is 19.6 Å². The number of urea groups is 1. The van der Waals surface area contributed by atoms with Crippen LogP contribution >= 0.6 is 11.8 Å². The fourth-order valence-corrected chi connectivity index (χ4v) is 3.68. The number of carbonyl (C=O) groups is 1. The number of amides is 2. The van der Waals surface area contributed by atoms with Gasteiger partial charge in [-0.25, -0.2) is 14.2 Å². The summed E-state index contributed by atoms with van der Waals surface area (Å²) in [6.45, 7) is 3.95. The van der Waals surface area contributed by atoms with E-state index in [1.54, 1.807) is 16.3 Å². The van der Waals surface area contributed by atoms with E-state index in [0.717, 1.165) is 21.2 Å². The maximum Gasteiger partial charge on any atom is 0.323 e. The summed E-state index contributed by atoms with van der Waals surface area (Å²) < 4.78 is 14.7. The normalized spacial score (nSPS) is 10.9. The van der Waals surface area contributed by atoms with Gasteiger partial charge in [-0.05, 0) is 62.4 Å². The van der Waals surface area contributed by atoms with Gasteiger partial charge in [-0.2, -0.15) is 14.6 Å². The third-order valence-corrected chi connectivity index (χ3v) is 5.46. The molecule has 146 valence electrons. The van der Waals surface area contributed by atoms with Crippen LogP contribution in [0, 0.1) is 19.7 Å². The number of hydrogen-bond donors (Lipinski definition) is 2. The second-order valence-corrected chi connectivity index (χ2v) is 7.37. The summed E-state index contributed by atoms with van der Waals surface area (Å²) in [7, 11) is 0. The summed E-state index contributed by atoms with van der Waals surface area (Å²) in [5.74, 6) is 0.207. The summed E-state index contributed by atoms with van der Waals surface area (Å²) >= 11 is 1.55. The molecule has 7 nitrogen and oxygen atoms in total. The fraction of sp³-hybridized carbons (Fsp3) is 0.100. The van der Waals surface area contributed by atoms with Crippen molar-refractivity contribution in [2.45, 2.75) is 23.8 Å². The Bertz CT molecular complexity index is 1170. The predicted octanol–water partition coefficient (Wildman–Crippen LogP) is 4.68. The Morgan fingerprint density at radius 2 is 1.62 bits per heavy atom. The summed E-state index contributed by atoms with van der Waals surface area (Å²) in [6, 6.07) is 12.6. The highest BCUT2D eigenvalue weighted by Crippen LogP contribution is 2.31. The third-order valence-electron chi connectivity index (χ3n) is 4.28. The maximum absolute atomic E-state index is 12.9. The lowest BCUT2D eigenvalue weighted by Crippen LogP contribution is -2.19. The fourth-order valence-electron chi connectivity index (χ4n) is 2.67. The number of anilines is 2. The minimum atomic E-state index is -0.401. The van der Waals surface area contributed by atoms with E-state index in [9.17, 15) is 9.18 Å². The molecular weight excluding hydrogens is 391 g/mol. The van der Waals surface area contributed by atoms with Gasteiger partial charge < -0.3 is 10.6 Å². The number of halogens is 1. The number of carbonyl (C=O) groups excluding carboxylic acids is 1. The predicted molar refractivity (Wildman–Crippen MR) is 110 cm³/mol. The molecule has 2 aromatic carbocycles. The molecule has 4 rings (SSSR count). The molecule has 0 aliphatic heterocycles. The monoisotopic (exact) mass is 408 g/mol. The zero-order valence-electron chi connectivity index (χ0n) is 15.7. The molecule has 0 radical (unpaired) electrons. The van der Waals surface area contributed by atoms with Gasteiger partial charge in [0.25, 0.3) is 5.78 Å². The standard InChI is InChI=1S/C20H17FN6OS/c1-12-13(2)24-19-22-11-23-27(19)18(12)29-17-9-7-16(8-10-17)26-20(28)25-15-5-3-14(21)4-6-15/h3-11H,1-2H3,(H2,25,26,28). The van der Waals surface area contributed by atoms with Gasteiger partial charge in [0.2, 0.25) is 0 Å². The molecule has 2 N–H and O–H groups in total. The Labute approximate surface area is 170 Å². The van der Waals surface area contributed by atoms with Gasteiger partial charge in [-0.1, -0.05) is 11.8 Å². The van der Waals surface area contributed by atoms with Crippen LogP contribution in [0.1, 0.15) is 11.3 Å². The van der Waals surface area contributed by atoms with Gasteiger partial charge in [0.05, 0.1) is 0 Å². The largest absolute Gasteiger partial charge is 0.323 e. The molecule has 0 aliphatic rings. The minimum Gasteiger partial charge on any atom is -0.308 e. The number of hydrogen-bond acceptors (Lipinski definition) is 5. The molecular formula is C20H17FN6OS. The molecule has 0 bridgehead atoms. The van der Waals surface area contributed by atoms with E-state index in [-0.39, 0.29) is 5.82 Å². The second kappa shape index (κ2) is 7.88. The minimum absolute atomic E-state index is 0.355. The van der Waals surface area contributed by atoms with Crippen LogP contribution in [-0.4, -0.2) is 25.6 Å². The van der Waals surface area contributed by atoms with Crippen LogP contribution in [0.25, 0.3) is 5.78 Å². The van der Waals surface area contributed by atoms with E-state index in [1.807, 2.05) is 38.1 Å². The molecule has 2 amide bonds. The highest BCUT2D eigenvalue weighted by molar-refractivity contribution is 7.99. The average Bonchev–Trinajstić information content (AvgIpc) is 3.16. The highest BCUT2D eigenvalue weighted by Gasteiger charge is 2.12. The number of aryl methyl sites for hydroxylation is 1. The Morgan fingerprint density at radius 1 is 1.00 bits per heavy atom. The van der Waals surface area contributed by atoms with Crippen LogP contribution in [0.2, 0.25) is 0 Å². The molecule has 29 heavy (non-hydrogen) atoms. The topological polar surface area (TPSA) is 84.2 Å². The summed E-state index contributed by atoms with van der Waals surface area (Å²) in [4.78, 5) is 21.7. The van der Waals surface area contributed by atoms with E-state index in [2.05, 4.69) is 25.7 Å². The smallest absolute Gasteiger partial charge is 0.308 e. The van der Waals surface area contributed by atoms with Gasteiger partial charge >= 0.3 is 6.03 Å². The zero-order chi connectivity index (χ0) is 20.4. The Morgan fingerprint density at radius 3 is 2.28 bits per heavy atom. The van der Waals surface area contributed by atoms with Crippen LogP contribution in [0.5, 0.6) is 0 Å². The van der Waals surface area contributed by atoms with Crippen molar-refractivity contribution in [2.75, 3.05) is 10.6 Å². The highest BCUT2D eigenvalue weighted by atomic mass is 32.2. The van der Waals surface area contributed by atoms with Gasteiger partial charge in [0.15, 0.2) is 0 Å². The van der Waals surface area contributed by atoms with Crippen LogP contribution in [0.4, 0.5) is 20.6 Å². The SMILES string of the molecule is Cc1nc2ncnn2c(Sc2ccc(NC(=O)Nc3ccc(F)cc3)cc2)c1C. The van der Waals surface area contributed by atoms with Crippen molar-refractivity contribution in [3.8, 4) is 0 Å². The van der Waals surface area contributed by atoms with E-state index < -0.39 is 6.03 Å². The number of benzene rings is 2. The Balaban J connectivity index is 1.46. The number of fused-ring (bicyclic) bond motifs is 1. The van der Waals surface area contributed by atoms with Crippen molar-refractivity contribution in [2.24, 2.45) is 0 Å². The van der Waals surface area contributed by atoms with Crippen molar-refractivity contribution < 1.29 is 9.18 Å². The molecule has 2 aromatic heterocycles. The molecule has 0 spiro atoms. The third kappa shape index (κ3) is 4.19. The number of nitrogens with zero attached hydrogens (tertiary/aromatic N) is 4. The van der Waals surface area contributed by atoms with Crippen molar-refractivity contribution >= 4 is 34.9 Å². The van der Waals surface area contributed by atoms with Crippen LogP contribution in [0.3, 0.4) is 0 Å². The summed E-state index contributed by atoms with van der Waals surface area (Å²) in [5, 5.41) is 10.6.